The zero-order chi connectivity index (χ0) is 22.4. The maximum absolute atomic E-state index is 12.4. The van der Waals surface area contributed by atoms with Gasteiger partial charge in [0.2, 0.25) is 17.5 Å². The number of phenolic OH excluding ortho intramolecular Hbond substituents is 3. The zero-order valence-corrected chi connectivity index (χ0v) is 15.7. The molecule has 1 saturated heterocycles. The number of phenols is 3. The topological polar surface area (TPSA) is 190 Å². The van der Waals surface area contributed by atoms with Gasteiger partial charge in [0.1, 0.15) is 40.8 Å². The first-order valence-electron chi connectivity index (χ1n) is 9.05. The molecule has 0 spiro atoms. The van der Waals surface area contributed by atoms with Crippen LogP contribution >= 0.6 is 0 Å². The van der Waals surface area contributed by atoms with Gasteiger partial charge in [0.05, 0.1) is 6.61 Å². The lowest BCUT2D eigenvalue weighted by molar-refractivity contribution is -0.117. The molecule has 2 aromatic carbocycles. The molecule has 0 radical (unpaired) electrons. The van der Waals surface area contributed by atoms with E-state index in [9.17, 15) is 35.4 Å². The van der Waals surface area contributed by atoms with Gasteiger partial charge in [-0.3, -0.25) is 4.79 Å². The van der Waals surface area contributed by atoms with Crippen molar-refractivity contribution in [1.29, 1.82) is 0 Å². The van der Waals surface area contributed by atoms with Crippen LogP contribution in [-0.4, -0.2) is 67.0 Å². The van der Waals surface area contributed by atoms with Crippen LogP contribution in [0.3, 0.4) is 0 Å². The normalized spacial score (nSPS) is 23.3. The molecule has 1 aliphatic heterocycles. The van der Waals surface area contributed by atoms with Crippen LogP contribution in [-0.2, 0) is 4.74 Å². The van der Waals surface area contributed by atoms with Gasteiger partial charge in [-0.25, -0.2) is 0 Å². The highest BCUT2D eigenvalue weighted by atomic mass is 16.7. The van der Waals surface area contributed by atoms with Crippen LogP contribution < -0.4 is 10.2 Å². The summed E-state index contributed by atoms with van der Waals surface area (Å²) in [6.07, 6.45) is -5.27. The lowest BCUT2D eigenvalue weighted by Crippen LogP contribution is -2.35. The molecule has 31 heavy (non-hydrogen) atoms. The van der Waals surface area contributed by atoms with Gasteiger partial charge in [0, 0.05) is 17.7 Å². The Morgan fingerprint density at radius 2 is 1.71 bits per heavy atom. The molecule has 0 unspecified atom stereocenters. The van der Waals surface area contributed by atoms with E-state index in [4.69, 9.17) is 19.0 Å². The summed E-state index contributed by atoms with van der Waals surface area (Å²) >= 11 is 0. The van der Waals surface area contributed by atoms with E-state index < -0.39 is 53.9 Å². The Bertz CT molecular complexity index is 1200. The minimum Gasteiger partial charge on any atom is -0.508 e. The first-order valence-corrected chi connectivity index (χ1v) is 9.05. The lowest BCUT2D eigenvalue weighted by Gasteiger charge is -2.18. The van der Waals surface area contributed by atoms with Crippen LogP contribution in [0.5, 0.6) is 28.7 Å². The van der Waals surface area contributed by atoms with Crippen molar-refractivity contribution in [2.24, 2.45) is 0 Å². The standard InChI is InChI=1S/C20H18O11/c21-6-13-15(25)18(28)20(31-13)30-11-2-1-7(3-9(11)23)19-17(27)16(26)14-10(24)4-8(22)5-12(14)29-19/h1-5,13,15,18,20-25,27-28H,6H2/t13-,15-,18-,20-/m1/s1. The van der Waals surface area contributed by atoms with Crippen LogP contribution in [0.2, 0.25) is 0 Å². The molecular weight excluding hydrogens is 416 g/mol. The molecule has 0 bridgehead atoms. The molecule has 0 saturated carbocycles. The Labute approximate surface area is 173 Å². The van der Waals surface area contributed by atoms with E-state index in [0.29, 0.717) is 0 Å². The lowest BCUT2D eigenvalue weighted by atomic mass is 10.1. The molecule has 164 valence electrons. The maximum atomic E-state index is 12.4. The fraction of sp³-hybridized carbons (Fsp3) is 0.250. The van der Waals surface area contributed by atoms with Gasteiger partial charge in [0.15, 0.2) is 17.3 Å². The molecule has 4 rings (SSSR count). The minimum atomic E-state index is -1.47. The Balaban J connectivity index is 1.69. The van der Waals surface area contributed by atoms with E-state index in [0.717, 1.165) is 18.2 Å². The van der Waals surface area contributed by atoms with E-state index in [1.807, 2.05) is 0 Å². The monoisotopic (exact) mass is 434 g/mol. The molecular formula is C20H18O11. The second-order valence-electron chi connectivity index (χ2n) is 6.95. The van der Waals surface area contributed by atoms with Crippen LogP contribution in [0, 0.1) is 0 Å². The zero-order valence-electron chi connectivity index (χ0n) is 15.7. The van der Waals surface area contributed by atoms with Gasteiger partial charge in [-0.1, -0.05) is 0 Å². The van der Waals surface area contributed by atoms with Crippen molar-refractivity contribution < 1.29 is 49.6 Å². The summed E-state index contributed by atoms with van der Waals surface area (Å²) < 4.78 is 16.0. The van der Waals surface area contributed by atoms with Crippen molar-refractivity contribution in [2.75, 3.05) is 6.61 Å². The van der Waals surface area contributed by atoms with Crippen molar-refractivity contribution in [2.45, 2.75) is 24.6 Å². The van der Waals surface area contributed by atoms with Crippen molar-refractivity contribution in [1.82, 2.24) is 0 Å². The highest BCUT2D eigenvalue weighted by Gasteiger charge is 2.44. The molecule has 1 aromatic heterocycles. The van der Waals surface area contributed by atoms with Gasteiger partial charge in [-0.05, 0) is 18.2 Å². The molecule has 1 aliphatic rings. The average molecular weight is 434 g/mol. The van der Waals surface area contributed by atoms with Gasteiger partial charge in [0.25, 0.3) is 0 Å². The first kappa shape index (κ1) is 20.8. The smallest absolute Gasteiger partial charge is 0.238 e. The Hall–Kier alpha value is -3.51. The fourth-order valence-corrected chi connectivity index (χ4v) is 3.32. The van der Waals surface area contributed by atoms with Crippen molar-refractivity contribution in [3.05, 3.63) is 40.6 Å². The number of ether oxygens (including phenoxy) is 2. The maximum Gasteiger partial charge on any atom is 0.238 e. The number of hydrogen-bond acceptors (Lipinski definition) is 11. The predicted molar refractivity (Wildman–Crippen MR) is 103 cm³/mol. The number of aromatic hydroxyl groups is 4. The SMILES string of the molecule is O=c1c(O)c(-c2ccc(O[C@@H]3O[C@H](CO)[C@@H](O)[C@H]3O)c(O)c2)oc2cc(O)cc(O)c12. The second kappa shape index (κ2) is 7.63. The molecule has 0 amide bonds. The van der Waals surface area contributed by atoms with Crippen molar-refractivity contribution in [3.8, 4) is 40.1 Å². The average Bonchev–Trinajstić information content (AvgIpc) is 2.99. The largest absolute Gasteiger partial charge is 0.508 e. The highest BCUT2D eigenvalue weighted by Crippen LogP contribution is 2.39. The van der Waals surface area contributed by atoms with Gasteiger partial charge in [-0.15, -0.1) is 0 Å². The van der Waals surface area contributed by atoms with Crippen LogP contribution in [0.4, 0.5) is 0 Å². The van der Waals surface area contributed by atoms with E-state index in [2.05, 4.69) is 0 Å². The molecule has 7 N–H and O–H groups in total. The number of rotatable bonds is 4. The van der Waals surface area contributed by atoms with Crippen LogP contribution in [0.1, 0.15) is 0 Å². The van der Waals surface area contributed by atoms with Gasteiger partial charge >= 0.3 is 0 Å². The van der Waals surface area contributed by atoms with E-state index in [-0.39, 0.29) is 33.8 Å². The number of fused-ring (bicyclic) bond motifs is 1. The highest BCUT2D eigenvalue weighted by molar-refractivity contribution is 5.88. The summed E-state index contributed by atoms with van der Waals surface area (Å²) in [5, 5.41) is 68.5. The molecule has 3 aromatic rings. The van der Waals surface area contributed by atoms with Crippen LogP contribution in [0.15, 0.2) is 39.5 Å². The Morgan fingerprint density at radius 1 is 0.968 bits per heavy atom. The summed E-state index contributed by atoms with van der Waals surface area (Å²) in [7, 11) is 0. The molecule has 0 aliphatic carbocycles. The Morgan fingerprint density at radius 3 is 2.35 bits per heavy atom. The number of aliphatic hydroxyl groups is 3. The summed E-state index contributed by atoms with van der Waals surface area (Å²) in [6, 6.07) is 5.67. The van der Waals surface area contributed by atoms with Crippen LogP contribution in [0.25, 0.3) is 22.3 Å². The Kier molecular flexibility index (Phi) is 5.11. The van der Waals surface area contributed by atoms with E-state index >= 15 is 0 Å². The first-order chi connectivity index (χ1) is 14.7. The molecule has 1 fully saturated rings. The predicted octanol–water partition coefficient (Wildman–Crippen LogP) is 0.100. The van der Waals surface area contributed by atoms with Crippen molar-refractivity contribution in [3.63, 3.8) is 0 Å². The third-order valence-corrected chi connectivity index (χ3v) is 4.90. The summed E-state index contributed by atoms with van der Waals surface area (Å²) in [5.74, 6) is -2.74. The fourth-order valence-electron chi connectivity index (χ4n) is 3.32. The van der Waals surface area contributed by atoms with Crippen molar-refractivity contribution >= 4 is 11.0 Å². The molecule has 11 heteroatoms. The summed E-state index contributed by atoms with van der Waals surface area (Å²) in [5.41, 5.74) is -1.08. The number of benzene rings is 2. The molecule has 11 nitrogen and oxygen atoms in total. The van der Waals surface area contributed by atoms with Gasteiger partial charge < -0.3 is 49.6 Å². The summed E-state index contributed by atoms with van der Waals surface area (Å²) in [4.78, 5) is 12.4. The number of aliphatic hydroxyl groups excluding tert-OH is 3. The van der Waals surface area contributed by atoms with E-state index in [1.165, 1.54) is 12.1 Å². The second-order valence-corrected chi connectivity index (χ2v) is 6.95. The third kappa shape index (κ3) is 3.49. The number of hydrogen-bond donors (Lipinski definition) is 7. The molecule has 2 heterocycles. The van der Waals surface area contributed by atoms with E-state index in [1.54, 1.807) is 0 Å². The minimum absolute atomic E-state index is 0.0605. The third-order valence-electron chi connectivity index (χ3n) is 4.90. The van der Waals surface area contributed by atoms with Gasteiger partial charge in [-0.2, -0.15) is 0 Å². The quantitative estimate of drug-likeness (QED) is 0.295. The molecule has 4 atom stereocenters. The summed E-state index contributed by atoms with van der Waals surface area (Å²) in [6.45, 7) is -0.547.